The van der Waals surface area contributed by atoms with E-state index in [0.29, 0.717) is 12.1 Å². The lowest BCUT2D eigenvalue weighted by molar-refractivity contribution is -0.118. The highest BCUT2D eigenvalue weighted by atomic mass is 35.5. The molecular weight excluding hydrogens is 401 g/mol. The fourth-order valence-corrected chi connectivity index (χ4v) is 3.69. The summed E-state index contributed by atoms with van der Waals surface area (Å²) in [6.07, 6.45) is 3.79. The Labute approximate surface area is 171 Å². The molecule has 1 amide bonds. The van der Waals surface area contributed by atoms with E-state index in [1.807, 2.05) is 18.2 Å². The summed E-state index contributed by atoms with van der Waals surface area (Å²) in [5.74, 6) is -0.832. The van der Waals surface area contributed by atoms with Gasteiger partial charge in [0.2, 0.25) is 5.91 Å². The third-order valence-electron chi connectivity index (χ3n) is 4.10. The van der Waals surface area contributed by atoms with E-state index in [4.69, 9.17) is 17.3 Å². The third kappa shape index (κ3) is 4.90. The Bertz CT molecular complexity index is 953. The second kappa shape index (κ2) is 9.20. The number of nitrogens with zero attached hydrogens (tertiary/aromatic N) is 2. The number of aromatic nitrogens is 2. The summed E-state index contributed by atoms with van der Waals surface area (Å²) in [5, 5.41) is 6.33. The molecule has 2 heterocycles. The zero-order chi connectivity index (χ0) is 20.1. The monoisotopic (exact) mass is 419 g/mol. The number of carbonyl (C=O) groups excluding carboxylic acids is 1. The summed E-state index contributed by atoms with van der Waals surface area (Å²) in [6.45, 7) is 0. The van der Waals surface area contributed by atoms with Gasteiger partial charge in [-0.1, -0.05) is 17.7 Å². The molecule has 4 N–H and O–H groups in total. The number of hydrogen-bond donors (Lipinski definition) is 3. The fraction of sp³-hybridized carbons (Fsp3) is 0.211. The maximum Gasteiger partial charge on any atom is 0.241 e. The molecule has 0 aliphatic carbocycles. The molecule has 0 bridgehead atoms. The van der Waals surface area contributed by atoms with Crippen LogP contribution < -0.4 is 16.4 Å². The van der Waals surface area contributed by atoms with Crippen molar-refractivity contribution in [2.45, 2.75) is 18.5 Å². The van der Waals surface area contributed by atoms with E-state index >= 15 is 0 Å². The highest BCUT2D eigenvalue weighted by Crippen LogP contribution is 2.28. The first kappa shape index (κ1) is 20.3. The number of rotatable bonds is 7. The number of benzene rings is 1. The molecule has 0 radical (unpaired) electrons. The number of thiazole rings is 1. The lowest BCUT2D eigenvalue weighted by atomic mass is 10.1. The van der Waals surface area contributed by atoms with Gasteiger partial charge >= 0.3 is 0 Å². The maximum absolute atomic E-state index is 13.3. The molecule has 0 unspecified atom stereocenters. The van der Waals surface area contributed by atoms with Crippen molar-refractivity contribution in [2.75, 3.05) is 12.4 Å². The molecule has 6 nitrogen and oxygen atoms in total. The van der Waals surface area contributed by atoms with Gasteiger partial charge in [-0.05, 0) is 43.8 Å². The first-order valence-electron chi connectivity index (χ1n) is 8.54. The smallest absolute Gasteiger partial charge is 0.241 e. The number of pyridine rings is 1. The van der Waals surface area contributed by atoms with E-state index < -0.39 is 17.9 Å². The van der Waals surface area contributed by atoms with Gasteiger partial charge in [-0.15, -0.1) is 11.3 Å². The van der Waals surface area contributed by atoms with E-state index in [1.54, 1.807) is 19.4 Å². The molecule has 0 aliphatic heterocycles. The Hall–Kier alpha value is -2.39. The summed E-state index contributed by atoms with van der Waals surface area (Å²) in [7, 11) is 1.68. The first-order valence-corrected chi connectivity index (χ1v) is 9.73. The molecule has 9 heteroatoms. The van der Waals surface area contributed by atoms with Crippen LogP contribution in [0.5, 0.6) is 0 Å². The molecule has 0 saturated carbocycles. The van der Waals surface area contributed by atoms with Gasteiger partial charge in [-0.3, -0.25) is 9.78 Å². The number of anilines is 1. The lowest BCUT2D eigenvalue weighted by Gasteiger charge is -2.19. The van der Waals surface area contributed by atoms with Crippen molar-refractivity contribution in [3.8, 4) is 10.6 Å². The minimum atomic E-state index is -0.555. The topological polar surface area (TPSA) is 92.9 Å². The van der Waals surface area contributed by atoms with Crippen molar-refractivity contribution in [1.82, 2.24) is 15.3 Å². The number of carbonyl (C=O) groups is 1. The number of amides is 1. The van der Waals surface area contributed by atoms with Crippen LogP contribution in [0.3, 0.4) is 0 Å². The van der Waals surface area contributed by atoms with Gasteiger partial charge in [0.25, 0.3) is 0 Å². The predicted molar refractivity (Wildman–Crippen MR) is 110 cm³/mol. The predicted octanol–water partition coefficient (Wildman–Crippen LogP) is 3.61. The molecular formula is C19H19ClFN5OS. The summed E-state index contributed by atoms with van der Waals surface area (Å²) >= 11 is 7.20. The average molecular weight is 420 g/mol. The molecule has 0 spiro atoms. The van der Waals surface area contributed by atoms with Crippen molar-refractivity contribution in [2.24, 2.45) is 5.73 Å². The number of likely N-dealkylation sites (N-methyl/N-ethyl adjacent to an activating group) is 1. The minimum Gasteiger partial charge on any atom is -0.325 e. The SMILES string of the molecule is CN[C@H](C[C@H](N)c1ncc(-c2ccccn2)s1)C(=O)Nc1ccc(F)c(Cl)c1. The Kier molecular flexibility index (Phi) is 6.69. The van der Waals surface area contributed by atoms with Crippen LogP contribution in [0.4, 0.5) is 10.1 Å². The number of nitrogens with one attached hydrogen (secondary N) is 2. The van der Waals surface area contributed by atoms with Crippen molar-refractivity contribution >= 4 is 34.5 Å². The van der Waals surface area contributed by atoms with Crippen LogP contribution in [0.25, 0.3) is 10.6 Å². The second-order valence-corrected chi connectivity index (χ2v) is 7.55. The zero-order valence-corrected chi connectivity index (χ0v) is 16.6. The zero-order valence-electron chi connectivity index (χ0n) is 15.0. The van der Waals surface area contributed by atoms with Crippen LogP contribution in [0.15, 0.2) is 48.8 Å². The van der Waals surface area contributed by atoms with E-state index in [2.05, 4.69) is 20.6 Å². The molecule has 0 saturated heterocycles. The van der Waals surface area contributed by atoms with Crippen LogP contribution in [0.1, 0.15) is 17.5 Å². The van der Waals surface area contributed by atoms with E-state index in [0.717, 1.165) is 15.6 Å². The standard InChI is InChI=1S/C19H19ClFN5OS/c1-23-16(18(27)26-11-5-6-13(21)12(20)8-11)9-14(22)19-25-10-17(28-19)15-4-2-3-7-24-15/h2-8,10,14,16,23H,9,22H2,1H3,(H,26,27)/t14-,16+/m0/s1. The van der Waals surface area contributed by atoms with Gasteiger partial charge in [0, 0.05) is 18.1 Å². The third-order valence-corrected chi connectivity index (χ3v) is 5.54. The fourth-order valence-electron chi connectivity index (χ4n) is 2.60. The number of hydrogen-bond acceptors (Lipinski definition) is 6. The van der Waals surface area contributed by atoms with Crippen molar-refractivity contribution in [3.63, 3.8) is 0 Å². The van der Waals surface area contributed by atoms with Crippen LogP contribution in [-0.4, -0.2) is 29.0 Å². The summed E-state index contributed by atoms with van der Waals surface area (Å²) in [6, 6.07) is 8.69. The normalized spacial score (nSPS) is 13.1. The van der Waals surface area contributed by atoms with Crippen LogP contribution >= 0.6 is 22.9 Å². The molecule has 2 aromatic heterocycles. The summed E-state index contributed by atoms with van der Waals surface area (Å²) in [5.41, 5.74) is 7.52. The van der Waals surface area contributed by atoms with E-state index in [9.17, 15) is 9.18 Å². The summed E-state index contributed by atoms with van der Waals surface area (Å²) in [4.78, 5) is 22.1. The Morgan fingerprint density at radius 2 is 2.14 bits per heavy atom. The maximum atomic E-state index is 13.3. The lowest BCUT2D eigenvalue weighted by Crippen LogP contribution is -2.40. The largest absolute Gasteiger partial charge is 0.325 e. The molecule has 3 rings (SSSR count). The number of halogens is 2. The van der Waals surface area contributed by atoms with Crippen molar-refractivity contribution in [1.29, 1.82) is 0 Å². The van der Waals surface area contributed by atoms with Gasteiger partial charge in [-0.25, -0.2) is 9.37 Å². The van der Waals surface area contributed by atoms with Crippen LogP contribution in [-0.2, 0) is 4.79 Å². The van der Waals surface area contributed by atoms with Crippen molar-refractivity contribution in [3.05, 3.63) is 64.6 Å². The number of nitrogens with two attached hydrogens (primary N) is 1. The van der Waals surface area contributed by atoms with Gasteiger partial charge in [0.1, 0.15) is 10.8 Å². The quantitative estimate of drug-likeness (QED) is 0.544. The first-order chi connectivity index (χ1) is 13.5. The van der Waals surface area contributed by atoms with Gasteiger partial charge in [0.15, 0.2) is 0 Å². The molecule has 146 valence electrons. The second-order valence-electron chi connectivity index (χ2n) is 6.08. The van der Waals surface area contributed by atoms with Gasteiger partial charge in [-0.2, -0.15) is 0 Å². The van der Waals surface area contributed by atoms with Gasteiger partial charge < -0.3 is 16.4 Å². The molecule has 0 aliphatic rings. The summed E-state index contributed by atoms with van der Waals surface area (Å²) < 4.78 is 13.3. The Morgan fingerprint density at radius 1 is 1.32 bits per heavy atom. The molecule has 28 heavy (non-hydrogen) atoms. The van der Waals surface area contributed by atoms with E-state index in [-0.39, 0.29) is 10.9 Å². The minimum absolute atomic E-state index is 0.0552. The molecule has 2 atom stereocenters. The highest BCUT2D eigenvalue weighted by Gasteiger charge is 2.23. The van der Waals surface area contributed by atoms with Crippen LogP contribution in [0, 0.1) is 5.82 Å². The highest BCUT2D eigenvalue weighted by molar-refractivity contribution is 7.15. The Morgan fingerprint density at radius 3 is 2.82 bits per heavy atom. The van der Waals surface area contributed by atoms with Crippen molar-refractivity contribution < 1.29 is 9.18 Å². The molecule has 3 aromatic rings. The molecule has 1 aromatic carbocycles. The Balaban J connectivity index is 1.65. The molecule has 0 fully saturated rings. The average Bonchev–Trinajstić information content (AvgIpc) is 3.20. The van der Waals surface area contributed by atoms with Crippen LogP contribution in [0.2, 0.25) is 5.02 Å². The van der Waals surface area contributed by atoms with Gasteiger partial charge in [0.05, 0.1) is 27.7 Å². The van der Waals surface area contributed by atoms with E-state index in [1.165, 1.54) is 29.5 Å².